The fourth-order valence-electron chi connectivity index (χ4n) is 4.28. The lowest BCUT2D eigenvalue weighted by Crippen LogP contribution is -2.30. The quantitative estimate of drug-likeness (QED) is 0.305. The minimum absolute atomic E-state index is 0.00214. The topological polar surface area (TPSA) is 81.9 Å². The minimum atomic E-state index is -0.773. The van der Waals surface area contributed by atoms with Crippen LogP contribution in [0.25, 0.3) is 11.0 Å². The Morgan fingerprint density at radius 2 is 1.91 bits per heavy atom. The van der Waals surface area contributed by atoms with Gasteiger partial charge in [0, 0.05) is 6.20 Å². The summed E-state index contributed by atoms with van der Waals surface area (Å²) in [4.78, 5) is 33.1. The Balaban J connectivity index is 1.70. The van der Waals surface area contributed by atoms with E-state index in [9.17, 15) is 9.59 Å². The third-order valence-corrected chi connectivity index (χ3v) is 6.22. The van der Waals surface area contributed by atoms with Crippen LogP contribution in [0.3, 0.4) is 0 Å². The van der Waals surface area contributed by atoms with E-state index in [-0.39, 0.29) is 16.8 Å². The maximum atomic E-state index is 13.6. The van der Waals surface area contributed by atoms with Crippen molar-refractivity contribution >= 4 is 34.3 Å². The van der Waals surface area contributed by atoms with Gasteiger partial charge >= 0.3 is 0 Å². The molecule has 1 unspecified atom stereocenters. The number of ether oxygens (including phenoxy) is 2. The SMILES string of the molecule is CCCCOc1ccc(C2c3c(oc4ccccc4c3=O)C(=O)N2c2ccc(Cl)cn2)cc1OC. The predicted molar refractivity (Wildman–Crippen MR) is 134 cm³/mol. The number of aromatic nitrogens is 1. The first-order chi connectivity index (χ1) is 17.0. The number of nitrogens with zero attached hydrogens (tertiary/aromatic N) is 2. The first-order valence-electron chi connectivity index (χ1n) is 11.3. The number of hydrogen-bond donors (Lipinski definition) is 0. The lowest BCUT2D eigenvalue weighted by atomic mass is 9.98. The average molecular weight is 491 g/mol. The van der Waals surface area contributed by atoms with Crippen molar-refractivity contribution in [2.75, 3.05) is 18.6 Å². The fourth-order valence-corrected chi connectivity index (χ4v) is 4.39. The molecular weight excluding hydrogens is 468 g/mol. The molecule has 0 spiro atoms. The Hall–Kier alpha value is -3.84. The van der Waals surface area contributed by atoms with Crippen LogP contribution in [-0.4, -0.2) is 24.6 Å². The predicted octanol–water partition coefficient (Wildman–Crippen LogP) is 5.78. The number of pyridine rings is 1. The summed E-state index contributed by atoms with van der Waals surface area (Å²) in [6, 6.07) is 14.8. The molecule has 0 aliphatic carbocycles. The van der Waals surface area contributed by atoms with Crippen molar-refractivity contribution in [3.05, 3.63) is 92.9 Å². The highest BCUT2D eigenvalue weighted by Gasteiger charge is 2.44. The molecule has 4 aromatic rings. The van der Waals surface area contributed by atoms with Crippen LogP contribution in [0.1, 0.15) is 47.5 Å². The molecule has 0 bridgehead atoms. The van der Waals surface area contributed by atoms with Gasteiger partial charge in [0.1, 0.15) is 11.4 Å². The number of para-hydroxylation sites is 1. The monoisotopic (exact) mass is 490 g/mol. The molecule has 0 saturated heterocycles. The summed E-state index contributed by atoms with van der Waals surface area (Å²) in [7, 11) is 1.56. The standard InChI is InChI=1S/C27H23ClN2O5/c1-3-4-13-34-20-11-9-16(14-21(20)33-2)24-23-25(31)18-7-5-6-8-19(18)35-26(23)27(32)30(24)22-12-10-17(28)15-29-22/h5-12,14-15,24H,3-4,13H2,1-2H3. The number of amides is 1. The minimum Gasteiger partial charge on any atom is -0.493 e. The number of rotatable bonds is 7. The lowest BCUT2D eigenvalue weighted by molar-refractivity contribution is 0.0970. The van der Waals surface area contributed by atoms with E-state index in [1.165, 1.54) is 11.1 Å². The Labute approximate surface area is 206 Å². The van der Waals surface area contributed by atoms with Crippen molar-refractivity contribution in [3.8, 4) is 11.5 Å². The van der Waals surface area contributed by atoms with Gasteiger partial charge in [0.2, 0.25) is 5.76 Å². The first kappa shape index (κ1) is 22.9. The number of fused-ring (bicyclic) bond motifs is 2. The highest BCUT2D eigenvalue weighted by Crippen LogP contribution is 2.42. The van der Waals surface area contributed by atoms with Gasteiger partial charge < -0.3 is 13.9 Å². The molecule has 3 heterocycles. The third-order valence-electron chi connectivity index (χ3n) is 6.00. The van der Waals surface area contributed by atoms with Gasteiger partial charge in [-0.15, -0.1) is 0 Å². The highest BCUT2D eigenvalue weighted by atomic mass is 35.5. The molecule has 178 valence electrons. The van der Waals surface area contributed by atoms with Crippen LogP contribution in [0.2, 0.25) is 5.02 Å². The zero-order valence-electron chi connectivity index (χ0n) is 19.3. The molecule has 35 heavy (non-hydrogen) atoms. The van der Waals surface area contributed by atoms with E-state index in [1.807, 2.05) is 6.07 Å². The molecule has 0 N–H and O–H groups in total. The highest BCUT2D eigenvalue weighted by molar-refractivity contribution is 6.30. The molecule has 7 nitrogen and oxygen atoms in total. The van der Waals surface area contributed by atoms with Crippen LogP contribution in [0.4, 0.5) is 5.82 Å². The summed E-state index contributed by atoms with van der Waals surface area (Å²) >= 11 is 6.04. The van der Waals surface area contributed by atoms with Crippen molar-refractivity contribution in [1.29, 1.82) is 0 Å². The second-order valence-electron chi connectivity index (χ2n) is 8.19. The lowest BCUT2D eigenvalue weighted by Gasteiger charge is -2.25. The van der Waals surface area contributed by atoms with Gasteiger partial charge in [-0.2, -0.15) is 0 Å². The molecule has 1 aliphatic heterocycles. The van der Waals surface area contributed by atoms with E-state index >= 15 is 0 Å². The van der Waals surface area contributed by atoms with E-state index in [0.717, 1.165) is 12.8 Å². The number of carbonyl (C=O) groups is 1. The molecule has 1 amide bonds. The van der Waals surface area contributed by atoms with Gasteiger partial charge in [-0.25, -0.2) is 4.98 Å². The summed E-state index contributed by atoms with van der Waals surface area (Å²) in [6.45, 7) is 2.65. The van der Waals surface area contributed by atoms with E-state index in [0.29, 0.717) is 45.5 Å². The normalized spacial score (nSPS) is 14.9. The third kappa shape index (κ3) is 4.02. The Kier molecular flexibility index (Phi) is 6.17. The van der Waals surface area contributed by atoms with Crippen molar-refractivity contribution in [2.24, 2.45) is 0 Å². The van der Waals surface area contributed by atoms with Gasteiger partial charge in [-0.1, -0.05) is 43.1 Å². The number of carbonyl (C=O) groups excluding carboxylic acids is 1. The fraction of sp³-hybridized carbons (Fsp3) is 0.222. The van der Waals surface area contributed by atoms with Crippen molar-refractivity contribution in [3.63, 3.8) is 0 Å². The summed E-state index contributed by atoms with van der Waals surface area (Å²) in [5.74, 6) is 0.994. The molecule has 8 heteroatoms. The number of halogens is 1. The van der Waals surface area contributed by atoms with Gasteiger partial charge in [-0.05, 0) is 48.4 Å². The van der Waals surface area contributed by atoms with Crippen LogP contribution in [-0.2, 0) is 0 Å². The Morgan fingerprint density at radius 1 is 1.09 bits per heavy atom. The van der Waals surface area contributed by atoms with E-state index in [1.54, 1.807) is 55.6 Å². The summed E-state index contributed by atoms with van der Waals surface area (Å²) in [6.07, 6.45) is 3.38. The van der Waals surface area contributed by atoms with Gasteiger partial charge in [0.05, 0.1) is 35.7 Å². The first-order valence-corrected chi connectivity index (χ1v) is 11.7. The molecule has 2 aromatic heterocycles. The zero-order valence-corrected chi connectivity index (χ0v) is 20.0. The molecule has 1 atom stereocenters. The largest absolute Gasteiger partial charge is 0.493 e. The van der Waals surface area contributed by atoms with Crippen LogP contribution in [0, 0.1) is 0 Å². The second kappa shape index (κ2) is 9.43. The van der Waals surface area contributed by atoms with Crippen LogP contribution in [0.5, 0.6) is 11.5 Å². The van der Waals surface area contributed by atoms with Gasteiger partial charge in [0.15, 0.2) is 16.9 Å². The van der Waals surface area contributed by atoms with Crippen molar-refractivity contribution in [2.45, 2.75) is 25.8 Å². The van der Waals surface area contributed by atoms with E-state index < -0.39 is 11.9 Å². The number of hydrogen-bond acceptors (Lipinski definition) is 6. The maximum Gasteiger partial charge on any atom is 0.296 e. The van der Waals surface area contributed by atoms with Crippen LogP contribution < -0.4 is 19.8 Å². The molecule has 5 rings (SSSR count). The zero-order chi connectivity index (χ0) is 24.5. The molecule has 0 radical (unpaired) electrons. The summed E-state index contributed by atoms with van der Waals surface area (Å²) < 4.78 is 17.4. The second-order valence-corrected chi connectivity index (χ2v) is 8.63. The van der Waals surface area contributed by atoms with Gasteiger partial charge in [0.25, 0.3) is 5.91 Å². The number of unbranched alkanes of at least 4 members (excludes halogenated alkanes) is 1. The Morgan fingerprint density at radius 3 is 2.66 bits per heavy atom. The van der Waals surface area contributed by atoms with Gasteiger partial charge in [-0.3, -0.25) is 14.5 Å². The molecule has 0 fully saturated rings. The Bertz CT molecular complexity index is 1470. The van der Waals surface area contributed by atoms with Crippen molar-refractivity contribution < 1.29 is 18.7 Å². The maximum absolute atomic E-state index is 13.6. The number of methoxy groups -OCH3 is 1. The number of benzene rings is 2. The summed E-state index contributed by atoms with van der Waals surface area (Å²) in [5, 5.41) is 0.839. The molecule has 0 saturated carbocycles. The molecule has 2 aromatic carbocycles. The van der Waals surface area contributed by atoms with Crippen molar-refractivity contribution in [1.82, 2.24) is 4.98 Å². The number of anilines is 1. The van der Waals surface area contributed by atoms with Crippen LogP contribution in [0.15, 0.2) is 70.0 Å². The summed E-state index contributed by atoms with van der Waals surface area (Å²) in [5.41, 5.74) is 1.01. The van der Waals surface area contributed by atoms with Crippen LogP contribution >= 0.6 is 11.6 Å². The smallest absolute Gasteiger partial charge is 0.296 e. The van der Waals surface area contributed by atoms with E-state index in [2.05, 4.69) is 11.9 Å². The molecule has 1 aliphatic rings. The molecular formula is C27H23ClN2O5. The average Bonchev–Trinajstić information content (AvgIpc) is 3.17. The van der Waals surface area contributed by atoms with E-state index in [4.69, 9.17) is 25.5 Å².